The van der Waals surface area contributed by atoms with Crippen LogP contribution in [-0.2, 0) is 9.53 Å². The number of hydrogen-bond acceptors (Lipinski definition) is 4. The van der Waals surface area contributed by atoms with Gasteiger partial charge in [-0.15, -0.1) is 11.8 Å². The van der Waals surface area contributed by atoms with Crippen molar-refractivity contribution in [3.63, 3.8) is 0 Å². The molecule has 1 rings (SSSR count). The molecule has 0 radical (unpaired) electrons. The molecule has 22 heavy (non-hydrogen) atoms. The Hall–Kier alpha value is -1.53. The fourth-order valence-electron chi connectivity index (χ4n) is 1.73. The van der Waals surface area contributed by atoms with Crippen LogP contribution < -0.4 is 10.6 Å². The molecule has 1 aromatic carbocycles. The number of carbonyl (C=O) groups excluding carboxylic acids is 2. The minimum atomic E-state index is -0.455. The number of rotatable bonds is 8. The molecule has 0 bridgehead atoms. The van der Waals surface area contributed by atoms with Crippen molar-refractivity contribution >= 4 is 23.7 Å². The Morgan fingerprint density at radius 1 is 1.27 bits per heavy atom. The van der Waals surface area contributed by atoms with Gasteiger partial charge in [0.15, 0.2) is 0 Å². The average molecular weight is 324 g/mol. The highest BCUT2D eigenvalue weighted by Gasteiger charge is 2.09. The van der Waals surface area contributed by atoms with Gasteiger partial charge in [0.25, 0.3) is 0 Å². The fourth-order valence-corrected chi connectivity index (χ4v) is 2.66. The molecule has 0 spiro atoms. The summed E-state index contributed by atoms with van der Waals surface area (Å²) >= 11 is 1.43. The fraction of sp³-hybridized carbons (Fsp3) is 0.500. The van der Waals surface area contributed by atoms with Crippen LogP contribution in [0.15, 0.2) is 23.1 Å². The summed E-state index contributed by atoms with van der Waals surface area (Å²) in [5, 5.41) is 4.96. The van der Waals surface area contributed by atoms with Crippen molar-refractivity contribution in [3.8, 4) is 0 Å². The Labute approximate surface area is 136 Å². The summed E-state index contributed by atoms with van der Waals surface area (Å²) in [5.41, 5.74) is 2.28. The van der Waals surface area contributed by atoms with Crippen molar-refractivity contribution in [2.45, 2.75) is 32.1 Å². The molecule has 0 atom stereocenters. The molecule has 5 nitrogen and oxygen atoms in total. The maximum Gasteiger partial charge on any atom is 0.321 e. The molecule has 0 unspecified atom stereocenters. The summed E-state index contributed by atoms with van der Waals surface area (Å²) in [6, 6.07) is 5.65. The molecule has 122 valence electrons. The monoisotopic (exact) mass is 324 g/mol. The quantitative estimate of drug-likeness (QED) is 0.570. The van der Waals surface area contributed by atoms with E-state index in [1.807, 2.05) is 39.0 Å². The van der Waals surface area contributed by atoms with Crippen molar-refractivity contribution in [2.75, 3.05) is 25.5 Å². The lowest BCUT2D eigenvalue weighted by Crippen LogP contribution is -2.40. The third kappa shape index (κ3) is 7.47. The van der Waals surface area contributed by atoms with Gasteiger partial charge in [-0.1, -0.05) is 17.7 Å². The first-order valence-corrected chi connectivity index (χ1v) is 8.37. The van der Waals surface area contributed by atoms with E-state index in [0.717, 1.165) is 22.4 Å². The number of hydrogen-bond donors (Lipinski definition) is 2. The number of aryl methyl sites for hydroxylation is 2. The molecule has 0 saturated heterocycles. The number of amides is 3. The van der Waals surface area contributed by atoms with Crippen molar-refractivity contribution in [2.24, 2.45) is 0 Å². The number of imide groups is 1. The van der Waals surface area contributed by atoms with E-state index in [4.69, 9.17) is 4.74 Å². The van der Waals surface area contributed by atoms with Crippen LogP contribution >= 0.6 is 11.8 Å². The van der Waals surface area contributed by atoms with Crippen molar-refractivity contribution in [3.05, 3.63) is 29.3 Å². The second-order valence-corrected chi connectivity index (χ2v) is 5.93. The van der Waals surface area contributed by atoms with Gasteiger partial charge in [0.2, 0.25) is 5.91 Å². The van der Waals surface area contributed by atoms with Crippen LogP contribution in [0.3, 0.4) is 0 Å². The highest BCUT2D eigenvalue weighted by atomic mass is 32.2. The number of nitrogens with one attached hydrogen (secondary N) is 2. The molecular weight excluding hydrogens is 300 g/mol. The maximum atomic E-state index is 11.7. The van der Waals surface area contributed by atoms with Crippen LogP contribution in [0.1, 0.15) is 24.5 Å². The van der Waals surface area contributed by atoms with Crippen LogP contribution in [0.25, 0.3) is 0 Å². The highest BCUT2D eigenvalue weighted by Crippen LogP contribution is 2.23. The molecule has 0 heterocycles. The second-order valence-electron chi connectivity index (χ2n) is 4.91. The van der Waals surface area contributed by atoms with Gasteiger partial charge in [0.1, 0.15) is 0 Å². The first-order valence-electron chi connectivity index (χ1n) is 7.38. The molecule has 0 fully saturated rings. The largest absolute Gasteiger partial charge is 0.382 e. The molecule has 0 aliphatic carbocycles. The van der Waals surface area contributed by atoms with Crippen LogP contribution in [-0.4, -0.2) is 37.4 Å². The molecule has 0 aliphatic heterocycles. The van der Waals surface area contributed by atoms with Crippen LogP contribution in [0.4, 0.5) is 4.79 Å². The number of carbonyl (C=O) groups is 2. The highest BCUT2D eigenvalue weighted by molar-refractivity contribution is 8.00. The zero-order valence-corrected chi connectivity index (χ0v) is 14.2. The molecule has 0 aromatic heterocycles. The molecule has 3 amide bonds. The Morgan fingerprint density at radius 3 is 2.77 bits per heavy atom. The Balaban J connectivity index is 2.25. The Morgan fingerprint density at radius 2 is 2.05 bits per heavy atom. The maximum absolute atomic E-state index is 11.7. The van der Waals surface area contributed by atoms with Crippen LogP contribution in [0.2, 0.25) is 0 Å². The van der Waals surface area contributed by atoms with Gasteiger partial charge in [-0.05, 0) is 38.8 Å². The first kappa shape index (κ1) is 18.5. The summed E-state index contributed by atoms with van der Waals surface area (Å²) < 4.78 is 5.16. The van der Waals surface area contributed by atoms with E-state index >= 15 is 0 Å². The van der Waals surface area contributed by atoms with Crippen molar-refractivity contribution in [1.29, 1.82) is 0 Å². The molecule has 0 aliphatic rings. The van der Waals surface area contributed by atoms with E-state index < -0.39 is 6.03 Å². The minimum Gasteiger partial charge on any atom is -0.382 e. The lowest BCUT2D eigenvalue weighted by molar-refractivity contribution is -0.117. The number of urea groups is 1. The molecule has 1 aromatic rings. The van der Waals surface area contributed by atoms with E-state index in [9.17, 15) is 9.59 Å². The molecule has 2 N–H and O–H groups in total. The van der Waals surface area contributed by atoms with Gasteiger partial charge in [-0.2, -0.15) is 0 Å². The summed E-state index contributed by atoms with van der Waals surface area (Å²) in [7, 11) is 0. The van der Waals surface area contributed by atoms with Gasteiger partial charge in [0.05, 0.1) is 5.75 Å². The number of benzene rings is 1. The summed E-state index contributed by atoms with van der Waals surface area (Å²) in [4.78, 5) is 24.3. The standard InChI is InChI=1S/C16H24N2O3S/c1-4-21-9-5-8-17-16(20)18-15(19)11-22-14-10-12(2)6-7-13(14)3/h6-7,10H,4-5,8-9,11H2,1-3H3,(H2,17,18,19,20). The van der Waals surface area contributed by atoms with Gasteiger partial charge in [0, 0.05) is 24.7 Å². The normalized spacial score (nSPS) is 10.3. The van der Waals surface area contributed by atoms with Crippen molar-refractivity contribution in [1.82, 2.24) is 10.6 Å². The molecule has 0 saturated carbocycles. The SMILES string of the molecule is CCOCCCNC(=O)NC(=O)CSc1cc(C)ccc1C. The zero-order valence-electron chi connectivity index (χ0n) is 13.4. The third-order valence-corrected chi connectivity index (χ3v) is 4.07. The topological polar surface area (TPSA) is 67.4 Å². The average Bonchev–Trinajstić information content (AvgIpc) is 2.48. The van der Waals surface area contributed by atoms with Gasteiger partial charge < -0.3 is 10.1 Å². The second kappa shape index (κ2) is 10.2. The van der Waals surface area contributed by atoms with Crippen molar-refractivity contribution < 1.29 is 14.3 Å². The molecule has 6 heteroatoms. The third-order valence-electron chi connectivity index (χ3n) is 2.91. The number of thioether (sulfide) groups is 1. The van der Waals surface area contributed by atoms with Gasteiger partial charge in [-0.25, -0.2) is 4.79 Å². The van der Waals surface area contributed by atoms with E-state index in [1.165, 1.54) is 11.8 Å². The van der Waals surface area contributed by atoms with Crippen LogP contribution in [0, 0.1) is 13.8 Å². The van der Waals surface area contributed by atoms with E-state index in [2.05, 4.69) is 10.6 Å². The smallest absolute Gasteiger partial charge is 0.321 e. The predicted molar refractivity (Wildman–Crippen MR) is 89.3 cm³/mol. The van der Waals surface area contributed by atoms with Crippen LogP contribution in [0.5, 0.6) is 0 Å². The summed E-state index contributed by atoms with van der Waals surface area (Å²) in [5.74, 6) is -0.0790. The van der Waals surface area contributed by atoms with E-state index in [0.29, 0.717) is 19.8 Å². The lowest BCUT2D eigenvalue weighted by Gasteiger charge is -2.08. The van der Waals surface area contributed by atoms with Gasteiger partial charge >= 0.3 is 6.03 Å². The Bertz CT molecular complexity index is 506. The van der Waals surface area contributed by atoms with Gasteiger partial charge in [-0.3, -0.25) is 10.1 Å². The summed E-state index contributed by atoms with van der Waals surface area (Å²) in [6.45, 7) is 7.70. The predicted octanol–water partition coefficient (Wildman–Crippen LogP) is 2.65. The Kier molecular flexibility index (Phi) is 8.62. The number of ether oxygens (including phenoxy) is 1. The minimum absolute atomic E-state index is 0.219. The zero-order chi connectivity index (χ0) is 16.4. The van der Waals surface area contributed by atoms with E-state index in [-0.39, 0.29) is 11.7 Å². The first-order chi connectivity index (χ1) is 10.5. The summed E-state index contributed by atoms with van der Waals surface area (Å²) in [6.07, 6.45) is 0.729. The molecular formula is C16H24N2O3S. The lowest BCUT2D eigenvalue weighted by atomic mass is 10.2. The van der Waals surface area contributed by atoms with E-state index in [1.54, 1.807) is 0 Å².